The summed E-state index contributed by atoms with van der Waals surface area (Å²) in [5, 5.41) is 0. The first-order valence-electron chi connectivity index (χ1n) is 4.63. The molecule has 0 aromatic heterocycles. The Balaban J connectivity index is 3.16. The van der Waals surface area contributed by atoms with Gasteiger partial charge < -0.3 is 10.5 Å². The van der Waals surface area contributed by atoms with Crippen LogP contribution in [-0.4, -0.2) is 13.2 Å². The van der Waals surface area contributed by atoms with Crippen molar-refractivity contribution in [2.75, 3.05) is 7.11 Å². The number of hydrogen-bond donors (Lipinski definition) is 1. The first-order valence-corrected chi connectivity index (χ1v) is 4.63. The fraction of sp³-hybridized carbons (Fsp3) is 0.455. The minimum Gasteiger partial charge on any atom is -0.493 e. The molecular weight excluding hydrogens is 181 g/mol. The molecule has 1 aromatic rings. The molecule has 0 radical (unpaired) electrons. The van der Waals surface area contributed by atoms with E-state index in [2.05, 4.69) is 0 Å². The molecule has 14 heavy (non-hydrogen) atoms. The lowest BCUT2D eigenvalue weighted by Gasteiger charge is -2.14. The van der Waals surface area contributed by atoms with Crippen LogP contribution in [0.5, 0.6) is 5.75 Å². The fourth-order valence-electron chi connectivity index (χ4n) is 1.49. The summed E-state index contributed by atoms with van der Waals surface area (Å²) in [5.74, 6) is -0.00366. The summed E-state index contributed by atoms with van der Waals surface area (Å²) >= 11 is 0. The lowest BCUT2D eigenvalue weighted by atomic mass is 10.0. The molecule has 2 N–H and O–H groups in total. The van der Waals surface area contributed by atoms with Crippen molar-refractivity contribution in [1.82, 2.24) is 0 Å². The zero-order chi connectivity index (χ0) is 10.7. The predicted octanol–water partition coefficient (Wildman–Crippen LogP) is 2.03. The molecule has 0 aliphatic heterocycles. The van der Waals surface area contributed by atoms with Gasteiger partial charge in [-0.2, -0.15) is 0 Å². The second kappa shape index (κ2) is 4.42. The first kappa shape index (κ1) is 11.0. The van der Waals surface area contributed by atoms with Crippen molar-refractivity contribution in [3.8, 4) is 5.75 Å². The highest BCUT2D eigenvalue weighted by molar-refractivity contribution is 5.41. The van der Waals surface area contributed by atoms with Gasteiger partial charge in [0.25, 0.3) is 0 Å². The first-order chi connectivity index (χ1) is 6.56. The molecule has 78 valence electrons. The Morgan fingerprint density at radius 1 is 1.50 bits per heavy atom. The number of benzene rings is 1. The van der Waals surface area contributed by atoms with E-state index in [0.717, 1.165) is 11.1 Å². The van der Waals surface area contributed by atoms with Crippen LogP contribution < -0.4 is 10.5 Å². The fourth-order valence-corrected chi connectivity index (χ4v) is 1.49. The molecule has 2 nitrogen and oxygen atoms in total. The van der Waals surface area contributed by atoms with Crippen molar-refractivity contribution >= 4 is 0 Å². The number of aryl methyl sites for hydroxylation is 1. The largest absolute Gasteiger partial charge is 0.493 e. The highest BCUT2D eigenvalue weighted by atomic mass is 19.1. The maximum Gasteiger partial charge on any atom is 0.165 e. The van der Waals surface area contributed by atoms with Gasteiger partial charge in [-0.1, -0.05) is 6.07 Å². The van der Waals surface area contributed by atoms with Crippen LogP contribution in [0.3, 0.4) is 0 Å². The molecule has 0 heterocycles. The molecule has 1 rings (SSSR count). The van der Waals surface area contributed by atoms with Crippen LogP contribution in [0.2, 0.25) is 0 Å². The maximum absolute atomic E-state index is 13.3. The molecule has 1 atom stereocenters. The van der Waals surface area contributed by atoms with E-state index in [1.807, 2.05) is 13.8 Å². The lowest BCUT2D eigenvalue weighted by Crippen LogP contribution is -2.19. The monoisotopic (exact) mass is 197 g/mol. The Labute approximate surface area is 83.9 Å². The van der Waals surface area contributed by atoms with Gasteiger partial charge >= 0.3 is 0 Å². The number of halogens is 1. The quantitative estimate of drug-likeness (QED) is 0.804. The molecular formula is C11H16FNO. The van der Waals surface area contributed by atoms with Crippen LogP contribution in [0.1, 0.15) is 18.1 Å². The summed E-state index contributed by atoms with van der Waals surface area (Å²) < 4.78 is 18.3. The zero-order valence-corrected chi connectivity index (χ0v) is 8.80. The average Bonchev–Trinajstić information content (AvgIpc) is 2.11. The van der Waals surface area contributed by atoms with E-state index in [-0.39, 0.29) is 11.9 Å². The maximum atomic E-state index is 13.3. The Hall–Kier alpha value is -1.09. The third-order valence-corrected chi connectivity index (χ3v) is 2.18. The third-order valence-electron chi connectivity index (χ3n) is 2.18. The number of hydrogen-bond acceptors (Lipinski definition) is 2. The molecule has 0 spiro atoms. The number of ether oxygens (including phenoxy) is 1. The van der Waals surface area contributed by atoms with Crippen LogP contribution in [-0.2, 0) is 6.42 Å². The van der Waals surface area contributed by atoms with E-state index in [0.29, 0.717) is 12.2 Å². The summed E-state index contributed by atoms with van der Waals surface area (Å²) in [6, 6.07) is 3.17. The van der Waals surface area contributed by atoms with Crippen molar-refractivity contribution in [3.63, 3.8) is 0 Å². The Kier molecular flexibility index (Phi) is 3.47. The second-order valence-corrected chi connectivity index (χ2v) is 3.56. The molecule has 0 fully saturated rings. The third kappa shape index (κ3) is 2.23. The SMILES string of the molecule is COc1c(F)ccc(C)c1CC(C)N. The van der Waals surface area contributed by atoms with Crippen LogP contribution in [0.15, 0.2) is 12.1 Å². The lowest BCUT2D eigenvalue weighted by molar-refractivity contribution is 0.379. The molecule has 1 aromatic carbocycles. The van der Waals surface area contributed by atoms with E-state index in [1.54, 1.807) is 6.07 Å². The van der Waals surface area contributed by atoms with Crippen LogP contribution in [0, 0.1) is 12.7 Å². The summed E-state index contributed by atoms with van der Waals surface area (Å²) in [5.41, 5.74) is 7.57. The smallest absolute Gasteiger partial charge is 0.165 e. The molecule has 0 saturated carbocycles. The minimum absolute atomic E-state index is 0.00407. The highest BCUT2D eigenvalue weighted by Gasteiger charge is 2.12. The molecule has 3 heteroatoms. The molecule has 1 unspecified atom stereocenters. The summed E-state index contributed by atoms with van der Waals surface area (Å²) in [6.45, 7) is 3.82. The second-order valence-electron chi connectivity index (χ2n) is 3.56. The van der Waals surface area contributed by atoms with E-state index < -0.39 is 0 Å². The average molecular weight is 197 g/mol. The van der Waals surface area contributed by atoms with Crippen molar-refractivity contribution in [2.45, 2.75) is 26.3 Å². The normalized spacial score (nSPS) is 12.6. The van der Waals surface area contributed by atoms with Gasteiger partial charge in [-0.3, -0.25) is 0 Å². The van der Waals surface area contributed by atoms with E-state index in [4.69, 9.17) is 10.5 Å². The van der Waals surface area contributed by atoms with Crippen LogP contribution in [0.4, 0.5) is 4.39 Å². The Bertz CT molecular complexity index is 323. The standard InChI is InChI=1S/C11H16FNO/c1-7-4-5-10(12)11(14-3)9(7)6-8(2)13/h4-5,8H,6,13H2,1-3H3. The molecule has 0 bridgehead atoms. The van der Waals surface area contributed by atoms with E-state index in [9.17, 15) is 4.39 Å². The Morgan fingerprint density at radius 3 is 2.64 bits per heavy atom. The number of rotatable bonds is 3. The van der Waals surface area contributed by atoms with Gasteiger partial charge in [0.15, 0.2) is 11.6 Å². The minimum atomic E-state index is -0.325. The van der Waals surface area contributed by atoms with Gasteiger partial charge in [0.2, 0.25) is 0 Å². The van der Waals surface area contributed by atoms with Crippen LogP contribution >= 0.6 is 0 Å². The summed E-state index contributed by atoms with van der Waals surface area (Å²) in [7, 11) is 1.47. The number of methoxy groups -OCH3 is 1. The molecule has 0 aliphatic rings. The van der Waals surface area contributed by atoms with Gasteiger partial charge in [-0.05, 0) is 31.9 Å². The van der Waals surface area contributed by atoms with Gasteiger partial charge in [-0.15, -0.1) is 0 Å². The number of nitrogens with two attached hydrogens (primary N) is 1. The van der Waals surface area contributed by atoms with Crippen molar-refractivity contribution in [2.24, 2.45) is 5.73 Å². The van der Waals surface area contributed by atoms with E-state index >= 15 is 0 Å². The van der Waals surface area contributed by atoms with Gasteiger partial charge in [0.05, 0.1) is 7.11 Å². The van der Waals surface area contributed by atoms with Crippen molar-refractivity contribution in [3.05, 3.63) is 29.1 Å². The zero-order valence-electron chi connectivity index (χ0n) is 8.80. The van der Waals surface area contributed by atoms with Gasteiger partial charge in [0, 0.05) is 11.6 Å². The van der Waals surface area contributed by atoms with Gasteiger partial charge in [-0.25, -0.2) is 4.39 Å². The Morgan fingerprint density at radius 2 is 2.14 bits per heavy atom. The molecule has 0 aliphatic carbocycles. The molecule has 0 saturated heterocycles. The summed E-state index contributed by atoms with van der Waals surface area (Å²) in [4.78, 5) is 0. The van der Waals surface area contributed by atoms with Gasteiger partial charge in [0.1, 0.15) is 0 Å². The van der Waals surface area contributed by atoms with Crippen molar-refractivity contribution < 1.29 is 9.13 Å². The highest BCUT2D eigenvalue weighted by Crippen LogP contribution is 2.26. The van der Waals surface area contributed by atoms with Crippen molar-refractivity contribution in [1.29, 1.82) is 0 Å². The predicted molar refractivity (Wildman–Crippen MR) is 55.0 cm³/mol. The summed E-state index contributed by atoms with van der Waals surface area (Å²) in [6.07, 6.45) is 0.632. The molecule has 0 amide bonds. The van der Waals surface area contributed by atoms with Crippen LogP contribution in [0.25, 0.3) is 0 Å². The topological polar surface area (TPSA) is 35.2 Å². The van der Waals surface area contributed by atoms with E-state index in [1.165, 1.54) is 13.2 Å².